The molecule has 0 amide bonds. The third-order valence-corrected chi connectivity index (χ3v) is 5.17. The number of halogens is 1. The molecule has 5 nitrogen and oxygen atoms in total. The Balaban J connectivity index is 1.56. The van der Waals surface area contributed by atoms with Crippen LogP contribution in [-0.2, 0) is 6.54 Å². The van der Waals surface area contributed by atoms with Gasteiger partial charge in [-0.1, -0.05) is 18.2 Å². The Labute approximate surface area is 145 Å². The summed E-state index contributed by atoms with van der Waals surface area (Å²) in [5, 5.41) is 3.21. The molecular weight excluding hydrogens is 319 g/mol. The molecule has 2 aromatic heterocycles. The summed E-state index contributed by atoms with van der Waals surface area (Å²) >= 11 is 0. The Morgan fingerprint density at radius 3 is 2.92 bits per heavy atom. The molecule has 3 heterocycles. The van der Waals surface area contributed by atoms with E-state index in [0.717, 1.165) is 36.5 Å². The summed E-state index contributed by atoms with van der Waals surface area (Å²) in [5.41, 5.74) is 3.79. The van der Waals surface area contributed by atoms with Crippen molar-refractivity contribution in [3.05, 3.63) is 69.0 Å². The molecule has 25 heavy (non-hydrogen) atoms. The van der Waals surface area contributed by atoms with Crippen molar-refractivity contribution < 1.29 is 4.39 Å². The molecule has 1 N–H and O–H groups in total. The van der Waals surface area contributed by atoms with Gasteiger partial charge in [0.05, 0.1) is 0 Å². The van der Waals surface area contributed by atoms with Gasteiger partial charge in [0.1, 0.15) is 5.82 Å². The largest absolute Gasteiger partial charge is 0.298 e. The topological polar surface area (TPSA) is 53.4 Å². The molecule has 1 saturated heterocycles. The Morgan fingerprint density at radius 2 is 2.12 bits per heavy atom. The number of H-pyrrole nitrogens is 1. The molecule has 0 radical (unpaired) electrons. The second-order valence-corrected chi connectivity index (χ2v) is 6.84. The molecule has 6 heteroatoms. The van der Waals surface area contributed by atoms with Crippen LogP contribution in [0.5, 0.6) is 0 Å². The molecule has 1 fully saturated rings. The number of fused-ring (bicyclic) bond motifs is 1. The fourth-order valence-corrected chi connectivity index (χ4v) is 3.54. The second kappa shape index (κ2) is 6.11. The number of aromatic amines is 1. The summed E-state index contributed by atoms with van der Waals surface area (Å²) in [7, 11) is 0. The number of likely N-dealkylation sites (tertiary alicyclic amines) is 1. The molecule has 1 atom stereocenters. The van der Waals surface area contributed by atoms with Gasteiger partial charge in [-0.05, 0) is 32.9 Å². The van der Waals surface area contributed by atoms with Crippen LogP contribution in [0.2, 0.25) is 0 Å². The van der Waals surface area contributed by atoms with Gasteiger partial charge in [-0.15, -0.1) is 0 Å². The van der Waals surface area contributed by atoms with Gasteiger partial charge in [-0.25, -0.2) is 13.9 Å². The molecule has 0 saturated carbocycles. The minimum absolute atomic E-state index is 0.0463. The van der Waals surface area contributed by atoms with E-state index >= 15 is 0 Å². The highest BCUT2D eigenvalue weighted by molar-refractivity contribution is 5.42. The lowest BCUT2D eigenvalue weighted by Gasteiger charge is -2.16. The van der Waals surface area contributed by atoms with Crippen LogP contribution in [-0.4, -0.2) is 32.6 Å². The van der Waals surface area contributed by atoms with Crippen LogP contribution < -0.4 is 5.56 Å². The van der Waals surface area contributed by atoms with Crippen LogP contribution in [0.3, 0.4) is 0 Å². The van der Waals surface area contributed by atoms with Crippen molar-refractivity contribution >= 4 is 5.65 Å². The van der Waals surface area contributed by atoms with Gasteiger partial charge < -0.3 is 0 Å². The number of hydrogen-bond donors (Lipinski definition) is 1. The maximum atomic E-state index is 13.8. The lowest BCUT2D eigenvalue weighted by Crippen LogP contribution is -2.21. The van der Waals surface area contributed by atoms with Gasteiger partial charge in [0.2, 0.25) is 0 Å². The average Bonchev–Trinajstić information content (AvgIpc) is 3.22. The van der Waals surface area contributed by atoms with E-state index in [9.17, 15) is 9.18 Å². The number of rotatable bonds is 3. The van der Waals surface area contributed by atoms with Crippen LogP contribution in [0.4, 0.5) is 4.39 Å². The van der Waals surface area contributed by atoms with Crippen molar-refractivity contribution in [1.29, 1.82) is 0 Å². The number of nitrogens with zero attached hydrogens (tertiary/aromatic N) is 3. The monoisotopic (exact) mass is 340 g/mol. The number of nitrogens with one attached hydrogen (secondary N) is 1. The molecule has 4 rings (SSSR count). The highest BCUT2D eigenvalue weighted by Gasteiger charge is 2.26. The number of benzene rings is 1. The normalized spacial score (nSPS) is 18.3. The third kappa shape index (κ3) is 2.87. The minimum atomic E-state index is -0.154. The fraction of sp³-hybridized carbons (Fsp3) is 0.368. The van der Waals surface area contributed by atoms with Crippen molar-refractivity contribution in [2.45, 2.75) is 32.7 Å². The third-order valence-electron chi connectivity index (χ3n) is 5.17. The van der Waals surface area contributed by atoms with Crippen molar-refractivity contribution in [2.24, 2.45) is 0 Å². The number of aromatic nitrogens is 3. The van der Waals surface area contributed by atoms with Crippen LogP contribution in [0.25, 0.3) is 5.65 Å². The van der Waals surface area contributed by atoms with Crippen LogP contribution in [0.1, 0.15) is 34.9 Å². The maximum Gasteiger partial charge on any atom is 0.275 e. The molecule has 1 aliphatic heterocycles. The lowest BCUT2D eigenvalue weighted by atomic mass is 10.1. The van der Waals surface area contributed by atoms with Crippen molar-refractivity contribution in [1.82, 2.24) is 19.5 Å². The molecule has 0 unspecified atom stereocenters. The molecule has 0 aliphatic carbocycles. The predicted octanol–water partition coefficient (Wildman–Crippen LogP) is 2.77. The van der Waals surface area contributed by atoms with Crippen LogP contribution in [0, 0.1) is 19.7 Å². The molecule has 1 aliphatic rings. The SMILES string of the molecule is Cc1nc2cc([C@H]3CCN(Cc4ccccc4F)C3)[nH]n2c(=O)c1C. The van der Waals surface area contributed by atoms with Crippen molar-refractivity contribution in [3.63, 3.8) is 0 Å². The zero-order valence-electron chi connectivity index (χ0n) is 14.4. The first-order valence-electron chi connectivity index (χ1n) is 8.57. The fourth-order valence-electron chi connectivity index (χ4n) is 3.54. The first kappa shape index (κ1) is 16.0. The summed E-state index contributed by atoms with van der Waals surface area (Å²) < 4.78 is 15.4. The van der Waals surface area contributed by atoms with Crippen LogP contribution in [0.15, 0.2) is 35.1 Å². The summed E-state index contributed by atoms with van der Waals surface area (Å²) in [6.45, 7) is 6.01. The zero-order valence-corrected chi connectivity index (χ0v) is 14.4. The van der Waals surface area contributed by atoms with Crippen molar-refractivity contribution in [3.8, 4) is 0 Å². The summed E-state index contributed by atoms with van der Waals surface area (Å²) in [4.78, 5) is 19.1. The molecule has 0 bridgehead atoms. The molecular formula is C19H21FN4O. The Hall–Kier alpha value is -2.47. The Bertz CT molecular complexity index is 991. The highest BCUT2D eigenvalue weighted by atomic mass is 19.1. The van der Waals surface area contributed by atoms with E-state index in [2.05, 4.69) is 15.0 Å². The van der Waals surface area contributed by atoms with Gasteiger partial charge in [-0.3, -0.25) is 14.8 Å². The smallest absolute Gasteiger partial charge is 0.275 e. The Morgan fingerprint density at radius 1 is 1.32 bits per heavy atom. The second-order valence-electron chi connectivity index (χ2n) is 6.84. The maximum absolute atomic E-state index is 13.8. The van der Waals surface area contributed by atoms with Gasteiger partial charge >= 0.3 is 0 Å². The Kier molecular flexibility index (Phi) is 3.92. The molecule has 3 aromatic rings. The molecule has 0 spiro atoms. The van der Waals surface area contributed by atoms with Gasteiger partial charge in [0.25, 0.3) is 5.56 Å². The van der Waals surface area contributed by atoms with E-state index in [0.29, 0.717) is 23.7 Å². The van der Waals surface area contributed by atoms with Crippen molar-refractivity contribution in [2.75, 3.05) is 13.1 Å². The van der Waals surface area contributed by atoms with Gasteiger partial charge in [0.15, 0.2) is 5.65 Å². The summed E-state index contributed by atoms with van der Waals surface area (Å²) in [6, 6.07) is 8.88. The first-order valence-corrected chi connectivity index (χ1v) is 8.57. The van der Waals surface area contributed by atoms with E-state index in [1.165, 1.54) is 10.6 Å². The average molecular weight is 340 g/mol. The van der Waals surface area contributed by atoms with Gasteiger partial charge in [0, 0.05) is 47.6 Å². The highest BCUT2D eigenvalue weighted by Crippen LogP contribution is 2.28. The van der Waals surface area contributed by atoms with E-state index < -0.39 is 0 Å². The predicted molar refractivity (Wildman–Crippen MR) is 94.3 cm³/mol. The van der Waals surface area contributed by atoms with Gasteiger partial charge in [-0.2, -0.15) is 0 Å². The number of aryl methyl sites for hydroxylation is 1. The van der Waals surface area contributed by atoms with Crippen LogP contribution >= 0.6 is 0 Å². The van der Waals surface area contributed by atoms with E-state index in [1.54, 1.807) is 13.0 Å². The molecule has 130 valence electrons. The summed E-state index contributed by atoms with van der Waals surface area (Å²) in [6.07, 6.45) is 0.980. The minimum Gasteiger partial charge on any atom is -0.298 e. The number of hydrogen-bond acceptors (Lipinski definition) is 3. The summed E-state index contributed by atoms with van der Waals surface area (Å²) in [5.74, 6) is 0.145. The van der Waals surface area contributed by atoms with E-state index in [4.69, 9.17) is 0 Å². The molecule has 1 aromatic carbocycles. The van der Waals surface area contributed by atoms with E-state index in [1.807, 2.05) is 25.1 Å². The standard InChI is InChI=1S/C19H21FN4O/c1-12-13(2)21-18-9-17(22-24(18)19(12)25)15-7-8-23(11-15)10-14-5-3-4-6-16(14)20/h3-6,9,15,22H,7-8,10-11H2,1-2H3/t15-/m0/s1. The quantitative estimate of drug-likeness (QED) is 0.798. The van der Waals surface area contributed by atoms with E-state index in [-0.39, 0.29) is 11.4 Å². The first-order chi connectivity index (χ1) is 12.0. The lowest BCUT2D eigenvalue weighted by molar-refractivity contribution is 0.320. The zero-order chi connectivity index (χ0) is 17.6.